The molecule has 168 valence electrons. The molecule has 1 fully saturated rings. The molecule has 0 aliphatic carbocycles. The van der Waals surface area contributed by atoms with Gasteiger partial charge in [-0.2, -0.15) is 5.10 Å². The quantitative estimate of drug-likeness (QED) is 0.640. The number of amides is 1. The minimum Gasteiger partial charge on any atom is -0.489 e. The lowest BCUT2D eigenvalue weighted by atomic mass is 10.0. The lowest BCUT2D eigenvalue weighted by Crippen LogP contribution is -2.50. The molecule has 0 unspecified atom stereocenters. The molecule has 8 heteroatoms. The van der Waals surface area contributed by atoms with Crippen molar-refractivity contribution in [1.82, 2.24) is 19.6 Å². The van der Waals surface area contributed by atoms with Crippen LogP contribution in [0.25, 0.3) is 0 Å². The standard InChI is InChI=1S/C24H27FN4O3/c1-27-11-12-28(17-24(31,16-27)18-29-10-4-9-26-29)23(30)20-6-3-8-22(14-20)32-15-19-5-2-7-21(25)13-19/h2-10,13-14,31H,11-12,15-18H2,1H3/t24-/m1/s1. The van der Waals surface area contributed by atoms with Gasteiger partial charge in [-0.25, -0.2) is 4.39 Å². The Bertz CT molecular complexity index is 1060. The predicted molar refractivity (Wildman–Crippen MR) is 118 cm³/mol. The van der Waals surface area contributed by atoms with E-state index >= 15 is 0 Å². The summed E-state index contributed by atoms with van der Waals surface area (Å²) in [5.41, 5.74) is 0.0621. The fourth-order valence-electron chi connectivity index (χ4n) is 4.02. The van der Waals surface area contributed by atoms with Crippen LogP contribution < -0.4 is 4.74 Å². The van der Waals surface area contributed by atoms with Crippen LogP contribution in [0.2, 0.25) is 0 Å². The molecule has 1 aliphatic rings. The molecule has 0 spiro atoms. The van der Waals surface area contributed by atoms with Gasteiger partial charge in [0.25, 0.3) is 5.91 Å². The van der Waals surface area contributed by atoms with E-state index in [1.165, 1.54) is 12.1 Å². The minimum absolute atomic E-state index is 0.171. The van der Waals surface area contributed by atoms with Crippen molar-refractivity contribution < 1.29 is 19.0 Å². The van der Waals surface area contributed by atoms with Crippen LogP contribution in [-0.2, 0) is 13.2 Å². The van der Waals surface area contributed by atoms with Gasteiger partial charge in [0.05, 0.1) is 13.1 Å². The molecule has 1 N–H and O–H groups in total. The zero-order chi connectivity index (χ0) is 22.6. The smallest absolute Gasteiger partial charge is 0.254 e. The van der Waals surface area contributed by atoms with Crippen LogP contribution in [0.15, 0.2) is 67.0 Å². The van der Waals surface area contributed by atoms with Crippen molar-refractivity contribution in [2.24, 2.45) is 0 Å². The van der Waals surface area contributed by atoms with Crippen molar-refractivity contribution in [3.63, 3.8) is 0 Å². The first-order valence-electron chi connectivity index (χ1n) is 10.6. The van der Waals surface area contributed by atoms with Gasteiger partial charge in [0.1, 0.15) is 23.8 Å². The van der Waals surface area contributed by atoms with E-state index in [1.54, 1.807) is 58.4 Å². The summed E-state index contributed by atoms with van der Waals surface area (Å²) < 4.78 is 20.8. The lowest BCUT2D eigenvalue weighted by Gasteiger charge is -2.32. The first-order valence-corrected chi connectivity index (χ1v) is 10.6. The summed E-state index contributed by atoms with van der Waals surface area (Å²) in [5.74, 6) is 0.0398. The van der Waals surface area contributed by atoms with Crippen molar-refractivity contribution >= 4 is 5.91 Å². The summed E-state index contributed by atoms with van der Waals surface area (Å²) in [6, 6.07) is 15.0. The van der Waals surface area contributed by atoms with Gasteiger partial charge >= 0.3 is 0 Å². The highest BCUT2D eigenvalue weighted by atomic mass is 19.1. The minimum atomic E-state index is -1.13. The van der Waals surface area contributed by atoms with Crippen LogP contribution in [0.3, 0.4) is 0 Å². The lowest BCUT2D eigenvalue weighted by molar-refractivity contribution is -0.0137. The first-order chi connectivity index (χ1) is 15.4. The summed E-state index contributed by atoms with van der Waals surface area (Å²) in [4.78, 5) is 17.0. The van der Waals surface area contributed by atoms with E-state index in [9.17, 15) is 14.3 Å². The number of carbonyl (C=O) groups is 1. The Labute approximate surface area is 186 Å². The van der Waals surface area contributed by atoms with Crippen molar-refractivity contribution in [1.29, 1.82) is 0 Å². The van der Waals surface area contributed by atoms with Crippen LogP contribution in [0, 0.1) is 5.82 Å². The van der Waals surface area contributed by atoms with Gasteiger partial charge in [0, 0.05) is 37.6 Å². The monoisotopic (exact) mass is 438 g/mol. The number of hydrogen-bond acceptors (Lipinski definition) is 5. The normalized spacial score (nSPS) is 19.5. The number of aliphatic hydroxyl groups is 1. The Kier molecular flexibility index (Phi) is 6.53. The Morgan fingerprint density at radius 1 is 1.16 bits per heavy atom. The Morgan fingerprint density at radius 2 is 2.00 bits per heavy atom. The van der Waals surface area contributed by atoms with Crippen LogP contribution in [0.1, 0.15) is 15.9 Å². The van der Waals surface area contributed by atoms with E-state index in [4.69, 9.17) is 4.74 Å². The highest BCUT2D eigenvalue weighted by Gasteiger charge is 2.36. The number of ether oxygens (including phenoxy) is 1. The maximum Gasteiger partial charge on any atom is 0.254 e. The van der Waals surface area contributed by atoms with Crippen molar-refractivity contribution in [2.75, 3.05) is 33.2 Å². The summed E-state index contributed by atoms with van der Waals surface area (Å²) >= 11 is 0. The fraction of sp³-hybridized carbons (Fsp3) is 0.333. The average molecular weight is 439 g/mol. The van der Waals surface area contributed by atoms with Crippen LogP contribution in [0.4, 0.5) is 4.39 Å². The average Bonchev–Trinajstić information content (AvgIpc) is 3.22. The zero-order valence-corrected chi connectivity index (χ0v) is 18.0. The predicted octanol–water partition coefficient (Wildman–Crippen LogP) is 2.42. The molecule has 1 saturated heterocycles. The molecule has 1 amide bonds. The molecular formula is C24H27FN4O3. The Balaban J connectivity index is 1.47. The summed E-state index contributed by atoms with van der Waals surface area (Å²) in [6.07, 6.45) is 3.47. The van der Waals surface area contributed by atoms with E-state index in [0.29, 0.717) is 43.1 Å². The number of β-amino-alcohol motifs (C(OH)–C–C–N with tert-alkyl or cyclic N) is 1. The summed E-state index contributed by atoms with van der Waals surface area (Å²) in [5, 5.41) is 15.5. The molecule has 3 aromatic rings. The molecule has 1 atom stereocenters. The van der Waals surface area contributed by atoms with Crippen LogP contribution in [-0.4, -0.2) is 69.4 Å². The largest absolute Gasteiger partial charge is 0.489 e. The third kappa shape index (κ3) is 5.52. The second kappa shape index (κ2) is 9.50. The zero-order valence-electron chi connectivity index (χ0n) is 18.0. The summed E-state index contributed by atoms with van der Waals surface area (Å²) in [7, 11) is 1.93. The van der Waals surface area contributed by atoms with E-state index in [0.717, 1.165) is 0 Å². The number of hydrogen-bond donors (Lipinski definition) is 1. The van der Waals surface area contributed by atoms with Crippen LogP contribution >= 0.6 is 0 Å². The molecule has 0 radical (unpaired) electrons. The van der Waals surface area contributed by atoms with Crippen LogP contribution in [0.5, 0.6) is 5.75 Å². The number of aromatic nitrogens is 2. The molecule has 2 heterocycles. The van der Waals surface area contributed by atoms with Crippen molar-refractivity contribution in [3.05, 3.63) is 83.9 Å². The number of halogens is 1. The van der Waals surface area contributed by atoms with Gasteiger partial charge in [0.15, 0.2) is 0 Å². The molecule has 1 aliphatic heterocycles. The Hall–Kier alpha value is -3.23. The third-order valence-corrected chi connectivity index (χ3v) is 5.48. The number of likely N-dealkylation sites (N-methyl/N-ethyl adjacent to an activating group) is 1. The maximum absolute atomic E-state index is 13.4. The van der Waals surface area contributed by atoms with E-state index < -0.39 is 5.60 Å². The van der Waals surface area contributed by atoms with Gasteiger partial charge in [-0.3, -0.25) is 9.48 Å². The van der Waals surface area contributed by atoms with Gasteiger partial charge < -0.3 is 19.6 Å². The second-order valence-electron chi connectivity index (χ2n) is 8.34. The highest BCUT2D eigenvalue weighted by molar-refractivity contribution is 5.94. The number of benzene rings is 2. The molecule has 7 nitrogen and oxygen atoms in total. The van der Waals surface area contributed by atoms with E-state index in [-0.39, 0.29) is 24.9 Å². The molecule has 32 heavy (non-hydrogen) atoms. The van der Waals surface area contributed by atoms with Crippen molar-refractivity contribution in [2.45, 2.75) is 18.8 Å². The van der Waals surface area contributed by atoms with Gasteiger partial charge in [-0.15, -0.1) is 0 Å². The maximum atomic E-state index is 13.4. The molecule has 4 rings (SSSR count). The van der Waals surface area contributed by atoms with E-state index in [2.05, 4.69) is 5.10 Å². The molecule has 0 saturated carbocycles. The van der Waals surface area contributed by atoms with E-state index in [1.807, 2.05) is 18.0 Å². The van der Waals surface area contributed by atoms with Gasteiger partial charge in [-0.1, -0.05) is 18.2 Å². The number of nitrogens with zero attached hydrogens (tertiary/aromatic N) is 4. The molecule has 0 bridgehead atoms. The SMILES string of the molecule is CN1CCN(C(=O)c2cccc(OCc3cccc(F)c3)c2)C[C@@](O)(Cn2cccn2)C1. The molecule has 1 aromatic heterocycles. The number of rotatable bonds is 6. The first kappa shape index (κ1) is 22.0. The highest BCUT2D eigenvalue weighted by Crippen LogP contribution is 2.21. The number of carbonyl (C=O) groups excluding carboxylic acids is 1. The Morgan fingerprint density at radius 3 is 2.78 bits per heavy atom. The fourth-order valence-corrected chi connectivity index (χ4v) is 4.02. The van der Waals surface area contributed by atoms with Gasteiger partial charge in [0.2, 0.25) is 0 Å². The third-order valence-electron chi connectivity index (χ3n) is 5.48. The van der Waals surface area contributed by atoms with Crippen molar-refractivity contribution in [3.8, 4) is 5.75 Å². The topological polar surface area (TPSA) is 70.8 Å². The second-order valence-corrected chi connectivity index (χ2v) is 8.34. The summed E-state index contributed by atoms with van der Waals surface area (Å²) in [6.45, 7) is 2.30. The van der Waals surface area contributed by atoms with Gasteiger partial charge in [-0.05, 0) is 49.0 Å². The molecule has 2 aromatic carbocycles. The molecular weight excluding hydrogens is 411 g/mol.